The summed E-state index contributed by atoms with van der Waals surface area (Å²) in [6, 6.07) is 0.112. The lowest BCUT2D eigenvalue weighted by atomic mass is 9.91. The molecule has 3 saturated heterocycles. The van der Waals surface area contributed by atoms with Gasteiger partial charge in [0.2, 0.25) is 11.9 Å². The number of carbonyl (C=O) groups is 1. The van der Waals surface area contributed by atoms with Crippen LogP contribution in [0.4, 0.5) is 5.95 Å². The molecule has 1 aromatic rings. The highest BCUT2D eigenvalue weighted by Gasteiger charge is 2.36. The van der Waals surface area contributed by atoms with Gasteiger partial charge in [0.05, 0.1) is 17.8 Å². The van der Waals surface area contributed by atoms with Crippen molar-refractivity contribution in [1.82, 2.24) is 25.7 Å². The number of nitrogens with zero attached hydrogens (tertiary/aromatic N) is 4. The van der Waals surface area contributed by atoms with Crippen LogP contribution in [-0.4, -0.2) is 74.2 Å². The van der Waals surface area contributed by atoms with E-state index in [1.165, 1.54) is 18.9 Å². The monoisotopic (exact) mass is 436 g/mol. The summed E-state index contributed by atoms with van der Waals surface area (Å²) >= 11 is 0. The van der Waals surface area contributed by atoms with E-state index in [0.717, 1.165) is 25.9 Å². The Hall–Kier alpha value is -1.78. The summed E-state index contributed by atoms with van der Waals surface area (Å²) in [6.07, 6.45) is 7.56. The minimum absolute atomic E-state index is 0.0163. The third kappa shape index (κ3) is 4.45. The van der Waals surface area contributed by atoms with E-state index in [1.54, 1.807) is 0 Å². The molecule has 30 heavy (non-hydrogen) atoms. The van der Waals surface area contributed by atoms with Crippen LogP contribution in [0.5, 0.6) is 0 Å². The first kappa shape index (κ1) is 21.5. The summed E-state index contributed by atoms with van der Waals surface area (Å²) in [5.41, 5.74) is 6.78. The fourth-order valence-corrected chi connectivity index (χ4v) is 5.55. The molecule has 4 rings (SSSR count). The van der Waals surface area contributed by atoms with Crippen molar-refractivity contribution in [2.75, 3.05) is 43.9 Å². The van der Waals surface area contributed by atoms with Gasteiger partial charge in [0.25, 0.3) is 0 Å². The van der Waals surface area contributed by atoms with Crippen molar-refractivity contribution < 1.29 is 13.2 Å². The largest absolute Gasteiger partial charge is 0.342 e. The first-order valence-electron chi connectivity index (χ1n) is 10.9. The number of hydrogen-bond donors (Lipinski definition) is 2. The number of sulfone groups is 1. The first-order chi connectivity index (χ1) is 14.3. The molecule has 0 spiro atoms. The normalized spacial score (nSPS) is 26.2. The lowest BCUT2D eigenvalue weighted by molar-refractivity contribution is -0.136. The van der Waals surface area contributed by atoms with Crippen molar-refractivity contribution in [3.8, 4) is 0 Å². The Labute approximate surface area is 178 Å². The van der Waals surface area contributed by atoms with Crippen LogP contribution in [0.3, 0.4) is 0 Å². The van der Waals surface area contributed by atoms with Gasteiger partial charge in [-0.25, -0.2) is 18.4 Å². The number of piperidine rings is 2. The van der Waals surface area contributed by atoms with Crippen molar-refractivity contribution in [3.63, 3.8) is 0 Å². The number of hydrogen-bond acceptors (Lipinski definition) is 8. The number of hydrazine groups is 1. The van der Waals surface area contributed by atoms with Crippen molar-refractivity contribution >= 4 is 21.7 Å². The number of anilines is 1. The Kier molecular flexibility index (Phi) is 6.26. The molecule has 0 bridgehead atoms. The lowest BCUT2D eigenvalue weighted by Crippen LogP contribution is -2.44. The maximum Gasteiger partial charge on any atom is 0.228 e. The smallest absolute Gasteiger partial charge is 0.228 e. The van der Waals surface area contributed by atoms with Gasteiger partial charge in [-0.15, -0.1) is 0 Å². The predicted octanol–water partition coefficient (Wildman–Crippen LogP) is 0.689. The summed E-state index contributed by atoms with van der Waals surface area (Å²) in [5, 5.41) is 0. The number of aromatic nitrogens is 2. The highest BCUT2D eigenvalue weighted by molar-refractivity contribution is 7.90. The molecule has 1 aromatic heterocycles. The zero-order chi connectivity index (χ0) is 21.3. The third-order valence-corrected chi connectivity index (χ3v) is 7.69. The third-order valence-electron chi connectivity index (χ3n) is 6.57. The Morgan fingerprint density at radius 2 is 1.83 bits per heavy atom. The first-order valence-corrected chi connectivity index (χ1v) is 12.8. The SMILES string of the molecule is CC1NNCC1C(=O)N1CCC(c2nc(N3CCCCC3)ncc2S(C)(=O)=O)CC1. The van der Waals surface area contributed by atoms with Crippen LogP contribution < -0.4 is 15.8 Å². The zero-order valence-corrected chi connectivity index (χ0v) is 18.6. The van der Waals surface area contributed by atoms with Crippen molar-refractivity contribution in [3.05, 3.63) is 11.9 Å². The van der Waals surface area contributed by atoms with E-state index in [-0.39, 0.29) is 28.7 Å². The molecule has 4 heterocycles. The molecule has 2 N–H and O–H groups in total. The topological polar surface area (TPSA) is 108 Å². The number of rotatable bonds is 4. The number of carbonyl (C=O) groups excluding carboxylic acids is 1. The molecule has 2 atom stereocenters. The number of likely N-dealkylation sites (tertiary alicyclic amines) is 1. The van der Waals surface area contributed by atoms with E-state index in [0.29, 0.717) is 44.1 Å². The van der Waals surface area contributed by atoms with Gasteiger partial charge >= 0.3 is 0 Å². The van der Waals surface area contributed by atoms with Gasteiger partial charge in [-0.1, -0.05) is 0 Å². The summed E-state index contributed by atoms with van der Waals surface area (Å²) in [5.74, 6) is 0.756. The summed E-state index contributed by atoms with van der Waals surface area (Å²) < 4.78 is 24.8. The Balaban J connectivity index is 1.52. The minimum atomic E-state index is -3.42. The molecule has 0 saturated carbocycles. The number of nitrogens with one attached hydrogen (secondary N) is 2. The molecule has 10 heteroatoms. The second kappa shape index (κ2) is 8.76. The Morgan fingerprint density at radius 3 is 2.43 bits per heavy atom. The average Bonchev–Trinajstić information content (AvgIpc) is 3.19. The maximum absolute atomic E-state index is 12.9. The second-order valence-electron chi connectivity index (χ2n) is 8.76. The van der Waals surface area contributed by atoms with Gasteiger partial charge < -0.3 is 9.80 Å². The van der Waals surface area contributed by atoms with Crippen LogP contribution in [0.15, 0.2) is 11.1 Å². The minimum Gasteiger partial charge on any atom is -0.342 e. The summed E-state index contributed by atoms with van der Waals surface area (Å²) in [7, 11) is -3.42. The Bertz CT molecular complexity index is 879. The molecule has 2 unspecified atom stereocenters. The number of amides is 1. The fraction of sp³-hybridized carbons (Fsp3) is 0.750. The molecule has 166 valence electrons. The van der Waals surface area contributed by atoms with Gasteiger partial charge in [-0.05, 0) is 39.0 Å². The standard InChI is InChI=1S/C20H32N6O3S/c1-14-16(12-22-24-14)19(27)25-10-6-15(7-11-25)18-17(30(2,28)29)13-21-20(23-18)26-8-4-3-5-9-26/h13-16,22,24H,3-12H2,1-2H3. The van der Waals surface area contributed by atoms with E-state index in [2.05, 4.69) is 20.7 Å². The fourth-order valence-electron chi connectivity index (χ4n) is 4.71. The molecule has 3 aliphatic rings. The highest BCUT2D eigenvalue weighted by Crippen LogP contribution is 2.33. The molecule has 3 fully saturated rings. The van der Waals surface area contributed by atoms with Crippen LogP contribution in [0.1, 0.15) is 50.6 Å². The van der Waals surface area contributed by atoms with Crippen molar-refractivity contribution in [2.24, 2.45) is 5.92 Å². The molecular formula is C20H32N6O3S. The van der Waals surface area contributed by atoms with Crippen molar-refractivity contribution in [2.45, 2.75) is 55.9 Å². The van der Waals surface area contributed by atoms with E-state index in [4.69, 9.17) is 4.98 Å². The average molecular weight is 437 g/mol. The van der Waals surface area contributed by atoms with E-state index in [1.807, 2.05) is 11.8 Å². The van der Waals surface area contributed by atoms with Gasteiger partial charge in [-0.3, -0.25) is 15.6 Å². The van der Waals surface area contributed by atoms with Crippen LogP contribution >= 0.6 is 0 Å². The van der Waals surface area contributed by atoms with E-state index >= 15 is 0 Å². The van der Waals surface area contributed by atoms with Gasteiger partial charge in [0.1, 0.15) is 4.90 Å². The molecule has 1 amide bonds. The van der Waals surface area contributed by atoms with Crippen LogP contribution in [0.25, 0.3) is 0 Å². The molecule has 0 aromatic carbocycles. The van der Waals surface area contributed by atoms with Crippen LogP contribution in [0, 0.1) is 5.92 Å². The van der Waals surface area contributed by atoms with Gasteiger partial charge in [0.15, 0.2) is 9.84 Å². The van der Waals surface area contributed by atoms with E-state index < -0.39 is 9.84 Å². The molecule has 0 radical (unpaired) electrons. The van der Waals surface area contributed by atoms with Gasteiger partial charge in [0, 0.05) is 50.9 Å². The van der Waals surface area contributed by atoms with E-state index in [9.17, 15) is 13.2 Å². The molecule has 0 aliphatic carbocycles. The highest BCUT2D eigenvalue weighted by atomic mass is 32.2. The summed E-state index contributed by atoms with van der Waals surface area (Å²) in [4.78, 5) is 26.3. The molecule has 3 aliphatic heterocycles. The summed E-state index contributed by atoms with van der Waals surface area (Å²) in [6.45, 7) is 5.72. The quantitative estimate of drug-likeness (QED) is 0.710. The lowest BCUT2D eigenvalue weighted by Gasteiger charge is -2.34. The zero-order valence-electron chi connectivity index (χ0n) is 17.8. The molecule has 9 nitrogen and oxygen atoms in total. The van der Waals surface area contributed by atoms with Crippen LogP contribution in [0.2, 0.25) is 0 Å². The maximum atomic E-state index is 12.9. The molecular weight excluding hydrogens is 404 g/mol. The second-order valence-corrected chi connectivity index (χ2v) is 10.7. The Morgan fingerprint density at radius 1 is 1.13 bits per heavy atom. The van der Waals surface area contributed by atoms with Crippen LogP contribution in [-0.2, 0) is 14.6 Å². The van der Waals surface area contributed by atoms with Gasteiger partial charge in [-0.2, -0.15) is 0 Å². The predicted molar refractivity (Wildman–Crippen MR) is 114 cm³/mol. The van der Waals surface area contributed by atoms with Crippen molar-refractivity contribution in [1.29, 1.82) is 0 Å².